The molecule has 0 aliphatic heterocycles. The molecule has 1 aromatic carbocycles. The van der Waals surface area contributed by atoms with E-state index in [9.17, 15) is 9.59 Å². The molecule has 3 N–H and O–H groups in total. The monoisotopic (exact) mass is 365 g/mol. The van der Waals surface area contributed by atoms with E-state index in [0.717, 1.165) is 19.3 Å². The zero-order valence-electron chi connectivity index (χ0n) is 14.8. The van der Waals surface area contributed by atoms with Gasteiger partial charge in [0.2, 0.25) is 5.91 Å². The molecular weight excluding hydrogens is 338 g/mol. The molecule has 0 aromatic heterocycles. The molecule has 0 heterocycles. The van der Waals surface area contributed by atoms with Crippen LogP contribution >= 0.6 is 12.2 Å². The van der Waals surface area contributed by atoms with Crippen molar-refractivity contribution in [2.24, 2.45) is 0 Å². The highest BCUT2D eigenvalue weighted by Crippen LogP contribution is 2.02. The fourth-order valence-electron chi connectivity index (χ4n) is 2.23. The van der Waals surface area contributed by atoms with Gasteiger partial charge in [-0.1, -0.05) is 50.1 Å². The molecule has 0 aliphatic carbocycles. The van der Waals surface area contributed by atoms with Crippen LogP contribution in [0.15, 0.2) is 30.3 Å². The Morgan fingerprint density at radius 1 is 1.20 bits per heavy atom. The molecule has 138 valence electrons. The topological polar surface area (TPSA) is 79.5 Å². The minimum atomic E-state index is -0.612. The van der Waals surface area contributed by atoms with Crippen molar-refractivity contribution in [2.45, 2.75) is 38.6 Å². The minimum absolute atomic E-state index is 0.0107. The van der Waals surface area contributed by atoms with Crippen LogP contribution < -0.4 is 16.0 Å². The highest BCUT2D eigenvalue weighted by molar-refractivity contribution is 7.80. The SMILES string of the molecule is CCCCC(NC(=O)CNC(=S)NCCc1ccccc1)C(=O)OC. The third-order valence-electron chi connectivity index (χ3n) is 3.62. The second kappa shape index (κ2) is 12.2. The Morgan fingerprint density at radius 3 is 2.56 bits per heavy atom. The number of methoxy groups -OCH3 is 1. The van der Waals surface area contributed by atoms with Crippen LogP contribution in [0.1, 0.15) is 31.7 Å². The Morgan fingerprint density at radius 2 is 1.92 bits per heavy atom. The van der Waals surface area contributed by atoms with Gasteiger partial charge in [-0.15, -0.1) is 0 Å². The lowest BCUT2D eigenvalue weighted by atomic mass is 10.1. The standard InChI is InChI=1S/C18H27N3O3S/c1-3-4-10-15(17(23)24-2)21-16(22)13-20-18(25)19-12-11-14-8-6-5-7-9-14/h5-9,15H,3-4,10-13H2,1-2H3,(H,21,22)(H2,19,20,25). The number of hydrogen-bond donors (Lipinski definition) is 3. The van der Waals surface area contributed by atoms with E-state index in [4.69, 9.17) is 17.0 Å². The van der Waals surface area contributed by atoms with Crippen LogP contribution in [-0.2, 0) is 20.7 Å². The molecule has 0 spiro atoms. The molecule has 1 aromatic rings. The van der Waals surface area contributed by atoms with Gasteiger partial charge >= 0.3 is 5.97 Å². The van der Waals surface area contributed by atoms with Gasteiger partial charge in [0, 0.05) is 6.54 Å². The molecular formula is C18H27N3O3S. The summed E-state index contributed by atoms with van der Waals surface area (Å²) in [4.78, 5) is 23.6. The van der Waals surface area contributed by atoms with E-state index < -0.39 is 12.0 Å². The smallest absolute Gasteiger partial charge is 0.328 e. The van der Waals surface area contributed by atoms with E-state index in [1.807, 2.05) is 25.1 Å². The fourth-order valence-corrected chi connectivity index (χ4v) is 2.41. The summed E-state index contributed by atoms with van der Waals surface area (Å²) in [6.07, 6.45) is 3.19. The number of carbonyl (C=O) groups excluding carboxylic acids is 2. The Labute approximate surface area is 154 Å². The average molecular weight is 365 g/mol. The van der Waals surface area contributed by atoms with E-state index >= 15 is 0 Å². The lowest BCUT2D eigenvalue weighted by molar-refractivity contribution is -0.145. The van der Waals surface area contributed by atoms with Crippen LogP contribution in [0.5, 0.6) is 0 Å². The molecule has 1 unspecified atom stereocenters. The maximum Gasteiger partial charge on any atom is 0.328 e. The average Bonchev–Trinajstić information content (AvgIpc) is 2.63. The highest BCUT2D eigenvalue weighted by Gasteiger charge is 2.20. The first-order valence-electron chi connectivity index (χ1n) is 8.49. The Bertz CT molecular complexity index is 552. The summed E-state index contributed by atoms with van der Waals surface area (Å²) >= 11 is 5.15. The molecule has 1 rings (SSSR count). The highest BCUT2D eigenvalue weighted by atomic mass is 32.1. The van der Waals surface area contributed by atoms with Gasteiger partial charge in [0.05, 0.1) is 13.7 Å². The lowest BCUT2D eigenvalue weighted by Gasteiger charge is -2.17. The second-order valence-electron chi connectivity index (χ2n) is 5.63. The van der Waals surface area contributed by atoms with Gasteiger partial charge in [-0.05, 0) is 30.6 Å². The quantitative estimate of drug-likeness (QED) is 0.431. The first-order valence-corrected chi connectivity index (χ1v) is 8.90. The maximum atomic E-state index is 12.0. The summed E-state index contributed by atoms with van der Waals surface area (Å²) in [5, 5.41) is 8.99. The maximum absolute atomic E-state index is 12.0. The van der Waals surface area contributed by atoms with Gasteiger partial charge in [0.1, 0.15) is 6.04 Å². The van der Waals surface area contributed by atoms with Crippen LogP contribution in [0.2, 0.25) is 0 Å². The van der Waals surface area contributed by atoms with Crippen LogP contribution in [0.4, 0.5) is 0 Å². The van der Waals surface area contributed by atoms with Crippen molar-refractivity contribution >= 4 is 29.2 Å². The van der Waals surface area contributed by atoms with Crippen molar-refractivity contribution in [3.05, 3.63) is 35.9 Å². The molecule has 25 heavy (non-hydrogen) atoms. The Balaban J connectivity index is 2.26. The number of thiocarbonyl (C=S) groups is 1. The third kappa shape index (κ3) is 9.05. The third-order valence-corrected chi connectivity index (χ3v) is 3.91. The number of carbonyl (C=O) groups is 2. The summed E-state index contributed by atoms with van der Waals surface area (Å²) in [7, 11) is 1.32. The van der Waals surface area contributed by atoms with E-state index in [-0.39, 0.29) is 12.5 Å². The van der Waals surface area contributed by atoms with Crippen molar-refractivity contribution in [3.63, 3.8) is 0 Å². The number of rotatable bonds is 10. The molecule has 0 saturated heterocycles. The molecule has 1 amide bonds. The number of hydrogen-bond acceptors (Lipinski definition) is 4. The molecule has 0 bridgehead atoms. The predicted molar refractivity (Wildman–Crippen MR) is 102 cm³/mol. The van der Waals surface area contributed by atoms with Crippen molar-refractivity contribution in [1.29, 1.82) is 0 Å². The number of unbranched alkanes of at least 4 members (excludes halogenated alkanes) is 1. The zero-order chi connectivity index (χ0) is 18.5. The van der Waals surface area contributed by atoms with E-state index in [2.05, 4.69) is 28.1 Å². The van der Waals surface area contributed by atoms with Crippen LogP contribution in [0.25, 0.3) is 0 Å². The molecule has 0 fully saturated rings. The van der Waals surface area contributed by atoms with Gasteiger partial charge in [-0.3, -0.25) is 4.79 Å². The Kier molecular flexibility index (Phi) is 10.2. The van der Waals surface area contributed by atoms with Crippen LogP contribution in [-0.4, -0.2) is 43.2 Å². The van der Waals surface area contributed by atoms with Crippen molar-refractivity contribution in [3.8, 4) is 0 Å². The molecule has 0 radical (unpaired) electrons. The number of benzene rings is 1. The van der Waals surface area contributed by atoms with Crippen molar-refractivity contribution in [1.82, 2.24) is 16.0 Å². The first-order chi connectivity index (χ1) is 12.1. The summed E-state index contributed by atoms with van der Waals surface area (Å²) in [5.74, 6) is -0.718. The Hall–Kier alpha value is -2.15. The number of amides is 1. The molecule has 0 saturated carbocycles. The molecule has 7 heteroatoms. The van der Waals surface area contributed by atoms with E-state index in [1.165, 1.54) is 12.7 Å². The van der Waals surface area contributed by atoms with Gasteiger partial charge in [0.15, 0.2) is 5.11 Å². The van der Waals surface area contributed by atoms with Crippen LogP contribution in [0.3, 0.4) is 0 Å². The summed E-state index contributed by atoms with van der Waals surface area (Å²) in [5.41, 5.74) is 1.22. The summed E-state index contributed by atoms with van der Waals surface area (Å²) in [6, 6.07) is 9.45. The lowest BCUT2D eigenvalue weighted by Crippen LogP contribution is -2.47. The number of ether oxygens (including phenoxy) is 1. The number of esters is 1. The fraction of sp³-hybridized carbons (Fsp3) is 0.500. The normalized spacial score (nSPS) is 11.3. The molecule has 6 nitrogen and oxygen atoms in total. The van der Waals surface area contributed by atoms with Crippen molar-refractivity contribution < 1.29 is 14.3 Å². The van der Waals surface area contributed by atoms with E-state index in [0.29, 0.717) is 18.1 Å². The van der Waals surface area contributed by atoms with Crippen molar-refractivity contribution in [2.75, 3.05) is 20.2 Å². The molecule has 0 aliphatic rings. The van der Waals surface area contributed by atoms with Crippen LogP contribution in [0, 0.1) is 0 Å². The summed E-state index contributed by atoms with van der Waals surface area (Å²) in [6.45, 7) is 2.72. The van der Waals surface area contributed by atoms with Gasteiger partial charge in [-0.25, -0.2) is 4.79 Å². The molecule has 1 atom stereocenters. The zero-order valence-corrected chi connectivity index (χ0v) is 15.7. The van der Waals surface area contributed by atoms with Gasteiger partial charge in [-0.2, -0.15) is 0 Å². The number of nitrogens with one attached hydrogen (secondary N) is 3. The minimum Gasteiger partial charge on any atom is -0.467 e. The first kappa shape index (κ1) is 20.9. The predicted octanol–water partition coefficient (Wildman–Crippen LogP) is 1.54. The second-order valence-corrected chi connectivity index (χ2v) is 6.04. The van der Waals surface area contributed by atoms with E-state index in [1.54, 1.807) is 0 Å². The van der Waals surface area contributed by atoms with Gasteiger partial charge < -0.3 is 20.7 Å². The van der Waals surface area contributed by atoms with Gasteiger partial charge in [0.25, 0.3) is 0 Å². The largest absolute Gasteiger partial charge is 0.467 e. The summed E-state index contributed by atoms with van der Waals surface area (Å²) < 4.78 is 4.72.